The Kier molecular flexibility index (Phi) is 3.51. The van der Waals surface area contributed by atoms with Gasteiger partial charge in [0.25, 0.3) is 0 Å². The second-order valence-corrected chi connectivity index (χ2v) is 3.31. The van der Waals surface area contributed by atoms with Crippen LogP contribution in [0.1, 0.15) is 23.6 Å². The Bertz CT molecular complexity index is 424. The van der Waals surface area contributed by atoms with Crippen molar-refractivity contribution in [2.45, 2.75) is 19.8 Å². The maximum atomic E-state index is 8.82. The number of hydrogen-bond donors (Lipinski definition) is 0. The lowest BCUT2D eigenvalue weighted by molar-refractivity contribution is 1.11. The summed E-state index contributed by atoms with van der Waals surface area (Å²) >= 11 is 5.91. The molecule has 0 saturated heterocycles. The fourth-order valence-electron chi connectivity index (χ4n) is 1.29. The molecule has 0 aliphatic rings. The van der Waals surface area contributed by atoms with Crippen molar-refractivity contribution >= 4 is 11.6 Å². The minimum Gasteiger partial charge on any atom is -0.198 e. The average Bonchev–Trinajstić information content (AvgIpc) is 2.20. The number of nitrogens with zero attached hydrogens (tertiary/aromatic N) is 2. The van der Waals surface area contributed by atoms with Gasteiger partial charge in [-0.3, -0.25) is 0 Å². The minimum atomic E-state index is 0.289. The van der Waals surface area contributed by atoms with Crippen molar-refractivity contribution in [3.8, 4) is 12.1 Å². The van der Waals surface area contributed by atoms with E-state index in [1.807, 2.05) is 19.1 Å². The first kappa shape index (κ1) is 10.6. The summed E-state index contributed by atoms with van der Waals surface area (Å²) in [5, 5.41) is 17.9. The summed E-state index contributed by atoms with van der Waals surface area (Å²) in [6, 6.07) is 7.60. The predicted octanol–water partition coefficient (Wildman–Crippen LogP) is 2.84. The monoisotopic (exact) mass is 204 g/mol. The van der Waals surface area contributed by atoms with Crippen molar-refractivity contribution in [2.75, 3.05) is 0 Å². The van der Waals surface area contributed by atoms with Gasteiger partial charge in [-0.1, -0.05) is 24.6 Å². The fourth-order valence-corrected chi connectivity index (χ4v) is 1.52. The van der Waals surface area contributed by atoms with Gasteiger partial charge in [-0.05, 0) is 23.6 Å². The van der Waals surface area contributed by atoms with Crippen LogP contribution in [0.5, 0.6) is 0 Å². The normalized spacial score (nSPS) is 9.14. The Balaban J connectivity index is 3.26. The van der Waals surface area contributed by atoms with Gasteiger partial charge in [0.1, 0.15) is 0 Å². The second kappa shape index (κ2) is 4.65. The summed E-state index contributed by atoms with van der Waals surface area (Å²) in [4.78, 5) is 0. The number of benzene rings is 1. The number of rotatable bonds is 2. The summed E-state index contributed by atoms with van der Waals surface area (Å²) in [5.74, 6) is 0. The molecular formula is C11H9ClN2. The first-order chi connectivity index (χ1) is 6.72. The zero-order chi connectivity index (χ0) is 10.6. The highest BCUT2D eigenvalue weighted by molar-refractivity contribution is 6.31. The van der Waals surface area contributed by atoms with Gasteiger partial charge in [0.15, 0.2) is 0 Å². The van der Waals surface area contributed by atoms with Crippen LogP contribution in [0.4, 0.5) is 0 Å². The van der Waals surface area contributed by atoms with Crippen LogP contribution in [-0.2, 0) is 12.8 Å². The first-order valence-electron chi connectivity index (χ1n) is 4.31. The number of halogens is 1. The molecule has 0 aliphatic carbocycles. The Labute approximate surface area is 88.3 Å². The quantitative estimate of drug-likeness (QED) is 0.744. The Morgan fingerprint density at radius 1 is 1.29 bits per heavy atom. The molecule has 0 radical (unpaired) electrons. The van der Waals surface area contributed by atoms with E-state index in [1.54, 1.807) is 6.07 Å². The summed E-state index contributed by atoms with van der Waals surface area (Å²) in [5.41, 5.74) is 2.34. The summed E-state index contributed by atoms with van der Waals surface area (Å²) in [6.07, 6.45) is 1.07. The summed E-state index contributed by atoms with van der Waals surface area (Å²) in [6.45, 7) is 1.97. The number of nitriles is 2. The van der Waals surface area contributed by atoms with Gasteiger partial charge in [-0.2, -0.15) is 10.5 Å². The molecule has 2 nitrogen and oxygen atoms in total. The third kappa shape index (κ3) is 2.05. The lowest BCUT2D eigenvalue weighted by Crippen LogP contribution is -1.92. The topological polar surface area (TPSA) is 47.6 Å². The van der Waals surface area contributed by atoms with Gasteiger partial charge < -0.3 is 0 Å². The lowest BCUT2D eigenvalue weighted by atomic mass is 10.0. The van der Waals surface area contributed by atoms with E-state index in [4.69, 9.17) is 22.1 Å². The van der Waals surface area contributed by atoms with Crippen LogP contribution in [0.2, 0.25) is 5.02 Å². The van der Waals surface area contributed by atoms with Gasteiger partial charge in [0.2, 0.25) is 0 Å². The molecule has 70 valence electrons. The van der Waals surface area contributed by atoms with Crippen molar-refractivity contribution in [1.29, 1.82) is 10.5 Å². The van der Waals surface area contributed by atoms with Crippen molar-refractivity contribution in [1.82, 2.24) is 0 Å². The Morgan fingerprint density at radius 2 is 2.00 bits per heavy atom. The third-order valence-electron chi connectivity index (χ3n) is 2.04. The highest BCUT2D eigenvalue weighted by Crippen LogP contribution is 2.22. The van der Waals surface area contributed by atoms with Gasteiger partial charge in [0, 0.05) is 5.02 Å². The van der Waals surface area contributed by atoms with Crippen LogP contribution in [0.15, 0.2) is 12.1 Å². The highest BCUT2D eigenvalue weighted by atomic mass is 35.5. The molecule has 3 heteroatoms. The zero-order valence-corrected chi connectivity index (χ0v) is 8.60. The minimum absolute atomic E-state index is 0.289. The SMILES string of the molecule is CCc1cc(CC#N)c(Cl)cc1C#N. The van der Waals surface area contributed by atoms with E-state index in [1.165, 1.54) is 0 Å². The van der Waals surface area contributed by atoms with Crippen molar-refractivity contribution < 1.29 is 0 Å². The molecular weight excluding hydrogens is 196 g/mol. The highest BCUT2D eigenvalue weighted by Gasteiger charge is 2.06. The molecule has 1 rings (SSSR count). The van der Waals surface area contributed by atoms with Gasteiger partial charge in [-0.15, -0.1) is 0 Å². The van der Waals surface area contributed by atoms with Crippen LogP contribution in [0, 0.1) is 22.7 Å². The standard InChI is InChI=1S/C11H9ClN2/c1-2-8-5-9(3-4-13)11(12)6-10(8)7-14/h5-6H,2-3H2,1H3. The second-order valence-electron chi connectivity index (χ2n) is 2.90. The van der Waals surface area contributed by atoms with E-state index in [2.05, 4.69) is 6.07 Å². The number of hydrogen-bond acceptors (Lipinski definition) is 2. The average molecular weight is 205 g/mol. The zero-order valence-electron chi connectivity index (χ0n) is 7.84. The van der Waals surface area contributed by atoms with E-state index in [-0.39, 0.29) is 6.42 Å². The maximum Gasteiger partial charge on any atom is 0.0995 e. The van der Waals surface area contributed by atoms with E-state index in [0.29, 0.717) is 10.6 Å². The molecule has 0 unspecified atom stereocenters. The largest absolute Gasteiger partial charge is 0.198 e. The molecule has 0 atom stereocenters. The predicted molar refractivity (Wildman–Crippen MR) is 54.9 cm³/mol. The van der Waals surface area contributed by atoms with Gasteiger partial charge in [-0.25, -0.2) is 0 Å². The Morgan fingerprint density at radius 3 is 2.50 bits per heavy atom. The van der Waals surface area contributed by atoms with Crippen LogP contribution >= 0.6 is 11.6 Å². The molecule has 0 N–H and O–H groups in total. The van der Waals surface area contributed by atoms with Gasteiger partial charge >= 0.3 is 0 Å². The van der Waals surface area contributed by atoms with Crippen LogP contribution in [-0.4, -0.2) is 0 Å². The first-order valence-corrected chi connectivity index (χ1v) is 4.69. The van der Waals surface area contributed by atoms with Crippen LogP contribution in [0.3, 0.4) is 0 Å². The van der Waals surface area contributed by atoms with Crippen molar-refractivity contribution in [3.05, 3.63) is 33.8 Å². The van der Waals surface area contributed by atoms with E-state index in [9.17, 15) is 0 Å². The lowest BCUT2D eigenvalue weighted by Gasteiger charge is -2.05. The van der Waals surface area contributed by atoms with Gasteiger partial charge in [0.05, 0.1) is 24.1 Å². The van der Waals surface area contributed by atoms with E-state index >= 15 is 0 Å². The molecule has 0 fully saturated rings. The molecule has 1 aromatic rings. The molecule has 0 amide bonds. The molecule has 0 heterocycles. The molecule has 0 spiro atoms. The molecule has 1 aromatic carbocycles. The smallest absolute Gasteiger partial charge is 0.0995 e. The Hall–Kier alpha value is -1.51. The summed E-state index contributed by atoms with van der Waals surface area (Å²) < 4.78 is 0. The molecule has 0 bridgehead atoms. The van der Waals surface area contributed by atoms with Crippen molar-refractivity contribution in [2.24, 2.45) is 0 Å². The maximum absolute atomic E-state index is 8.82. The number of aryl methyl sites for hydroxylation is 1. The molecule has 0 aromatic heterocycles. The van der Waals surface area contributed by atoms with Crippen molar-refractivity contribution in [3.63, 3.8) is 0 Å². The third-order valence-corrected chi connectivity index (χ3v) is 2.39. The van der Waals surface area contributed by atoms with Crippen LogP contribution < -0.4 is 0 Å². The van der Waals surface area contributed by atoms with Crippen LogP contribution in [0.25, 0.3) is 0 Å². The van der Waals surface area contributed by atoms with E-state index < -0.39 is 0 Å². The molecule has 0 aliphatic heterocycles. The molecule has 0 saturated carbocycles. The fraction of sp³-hybridized carbons (Fsp3) is 0.273. The van der Waals surface area contributed by atoms with E-state index in [0.717, 1.165) is 17.5 Å². The summed E-state index contributed by atoms with van der Waals surface area (Å²) in [7, 11) is 0. The molecule has 14 heavy (non-hydrogen) atoms.